The molecule has 2 aromatic rings. The first kappa shape index (κ1) is 62.4. The molecule has 0 radical (unpaired) electrons. The van der Waals surface area contributed by atoms with Crippen LogP contribution < -0.4 is 0 Å². The minimum absolute atomic E-state index is 0.0567. The lowest BCUT2D eigenvalue weighted by molar-refractivity contribution is -0.162. The summed E-state index contributed by atoms with van der Waals surface area (Å²) >= 11 is 0. The first-order valence-electron chi connectivity index (χ1n) is 28.9. The van der Waals surface area contributed by atoms with Gasteiger partial charge in [-0.15, -0.1) is 0 Å². The Labute approximate surface area is 426 Å². The van der Waals surface area contributed by atoms with Gasteiger partial charge >= 0.3 is 23.9 Å². The van der Waals surface area contributed by atoms with Crippen LogP contribution in [0.25, 0.3) is 0 Å². The normalized spacial score (nSPS) is 12.1. The Morgan fingerprint density at radius 2 is 0.657 bits per heavy atom. The van der Waals surface area contributed by atoms with Gasteiger partial charge in [0.2, 0.25) is 5.60 Å². The van der Waals surface area contributed by atoms with Gasteiger partial charge in [-0.3, -0.25) is 0 Å². The molecule has 9 heteroatoms. The molecule has 0 saturated carbocycles. The summed E-state index contributed by atoms with van der Waals surface area (Å²) in [5.74, 6) is -3.62. The molecule has 9 nitrogen and oxygen atoms in total. The number of hydrogen-bond donors (Lipinski definition) is 1. The molecule has 0 fully saturated rings. The van der Waals surface area contributed by atoms with Crippen LogP contribution in [0, 0.1) is 0 Å². The molecular weight excluding hydrogens is 877 g/mol. The van der Waals surface area contributed by atoms with Crippen LogP contribution in [0.5, 0.6) is 0 Å². The van der Waals surface area contributed by atoms with Crippen molar-refractivity contribution in [3.63, 3.8) is 0 Å². The van der Waals surface area contributed by atoms with Crippen LogP contribution >= 0.6 is 0 Å². The Bertz CT molecular complexity index is 1640. The SMILES string of the molecule is CCCCCCCCCCCOC(=O)c1ccc(C(O)(C(=O)OCCCCCCCCCCC)c2ccccc2)c(C(=O)OCCCCCCCCCCC)c1C(=O)OCCCCCCCCCCC. The lowest BCUT2D eigenvalue weighted by atomic mass is 9.80. The Balaban J connectivity index is 2.49. The van der Waals surface area contributed by atoms with Gasteiger partial charge in [-0.05, 0) is 37.3 Å². The second-order valence-corrected chi connectivity index (χ2v) is 19.8. The fourth-order valence-electron chi connectivity index (χ4n) is 9.20. The van der Waals surface area contributed by atoms with Crippen LogP contribution in [0.3, 0.4) is 0 Å². The minimum Gasteiger partial charge on any atom is -0.463 e. The van der Waals surface area contributed by atoms with Gasteiger partial charge in [-0.2, -0.15) is 0 Å². The molecule has 0 aliphatic rings. The van der Waals surface area contributed by atoms with E-state index in [-0.39, 0.29) is 48.7 Å². The summed E-state index contributed by atoms with van der Waals surface area (Å²) in [6.07, 6.45) is 39.0. The number of carbonyl (C=O) groups is 4. The number of esters is 4. The summed E-state index contributed by atoms with van der Waals surface area (Å²) < 4.78 is 23.5. The van der Waals surface area contributed by atoms with Crippen LogP contribution in [0.15, 0.2) is 42.5 Å². The van der Waals surface area contributed by atoms with Crippen molar-refractivity contribution >= 4 is 23.9 Å². The number of ether oxygens (including phenoxy) is 4. The zero-order chi connectivity index (χ0) is 50.8. The molecule has 0 aliphatic heterocycles. The zero-order valence-electron chi connectivity index (χ0n) is 45.0. The van der Waals surface area contributed by atoms with Crippen molar-refractivity contribution in [2.24, 2.45) is 0 Å². The van der Waals surface area contributed by atoms with Crippen molar-refractivity contribution < 1.29 is 43.2 Å². The molecule has 0 spiro atoms. The number of aliphatic hydroxyl groups is 1. The first-order valence-corrected chi connectivity index (χ1v) is 28.9. The molecular formula is C61H100O9. The third-order valence-electron chi connectivity index (χ3n) is 13.6. The summed E-state index contributed by atoms with van der Waals surface area (Å²) in [5, 5.41) is 12.9. The molecule has 0 aromatic heterocycles. The van der Waals surface area contributed by atoms with E-state index >= 15 is 0 Å². The Morgan fingerprint density at radius 3 is 1.01 bits per heavy atom. The standard InChI is InChI=1S/C61H100O9/c1-5-9-13-17-21-25-29-33-40-48-67-57(62)53-46-47-54(61(66,52-44-38-37-39-45-52)60(65)70-51-43-36-32-28-24-20-16-12-8-4)56(59(64)69-50-42-35-31-27-23-19-15-11-7-3)55(53)58(63)68-49-41-34-30-26-22-18-14-10-6-2/h37-39,44-47,66H,5-36,40-43,48-51H2,1-4H3. The Kier molecular flexibility index (Phi) is 37.3. The summed E-state index contributed by atoms with van der Waals surface area (Å²) in [6, 6.07) is 11.1. The molecule has 2 rings (SSSR count). The molecule has 0 aliphatic carbocycles. The van der Waals surface area contributed by atoms with Gasteiger partial charge in [0.05, 0.1) is 43.1 Å². The van der Waals surface area contributed by atoms with Gasteiger partial charge in [-0.1, -0.05) is 270 Å². The van der Waals surface area contributed by atoms with E-state index in [1.165, 1.54) is 141 Å². The highest BCUT2D eigenvalue weighted by Gasteiger charge is 2.47. The molecule has 398 valence electrons. The van der Waals surface area contributed by atoms with E-state index in [1.54, 1.807) is 30.3 Å². The first-order chi connectivity index (χ1) is 34.3. The summed E-state index contributed by atoms with van der Waals surface area (Å²) in [7, 11) is 0. The monoisotopic (exact) mass is 977 g/mol. The molecule has 0 amide bonds. The quantitative estimate of drug-likeness (QED) is 0.0392. The Hall–Kier alpha value is -3.72. The second kappa shape index (κ2) is 41.9. The van der Waals surface area contributed by atoms with Crippen LogP contribution in [0.2, 0.25) is 0 Å². The topological polar surface area (TPSA) is 125 Å². The average Bonchev–Trinajstić information content (AvgIpc) is 3.37. The van der Waals surface area contributed by atoms with Gasteiger partial charge in [0.15, 0.2) is 0 Å². The van der Waals surface area contributed by atoms with Gasteiger partial charge in [0.1, 0.15) is 0 Å². The number of carbonyl (C=O) groups excluding carboxylic acids is 4. The molecule has 1 N–H and O–H groups in total. The summed E-state index contributed by atoms with van der Waals surface area (Å²) in [6.45, 7) is 9.19. The lowest BCUT2D eigenvalue weighted by Gasteiger charge is -2.30. The third kappa shape index (κ3) is 26.1. The van der Waals surface area contributed by atoms with E-state index < -0.39 is 35.0 Å². The van der Waals surface area contributed by atoms with Crippen molar-refractivity contribution in [3.05, 3.63) is 70.3 Å². The van der Waals surface area contributed by atoms with Crippen LogP contribution in [-0.2, 0) is 29.3 Å². The largest absolute Gasteiger partial charge is 0.463 e. The smallest absolute Gasteiger partial charge is 0.347 e. The third-order valence-corrected chi connectivity index (χ3v) is 13.6. The predicted molar refractivity (Wildman–Crippen MR) is 287 cm³/mol. The summed E-state index contributed by atoms with van der Waals surface area (Å²) in [4.78, 5) is 57.8. The predicted octanol–water partition coefficient (Wildman–Crippen LogP) is 17.1. The number of rotatable bonds is 46. The molecule has 0 bridgehead atoms. The van der Waals surface area contributed by atoms with Gasteiger partial charge < -0.3 is 24.1 Å². The number of unbranched alkanes of at least 4 members (excludes halogenated alkanes) is 32. The number of hydrogen-bond acceptors (Lipinski definition) is 9. The van der Waals surface area contributed by atoms with Crippen molar-refractivity contribution in [1.82, 2.24) is 0 Å². The van der Waals surface area contributed by atoms with E-state index in [4.69, 9.17) is 18.9 Å². The molecule has 70 heavy (non-hydrogen) atoms. The van der Waals surface area contributed by atoms with Crippen LogP contribution in [-0.4, -0.2) is 55.4 Å². The van der Waals surface area contributed by atoms with E-state index in [2.05, 4.69) is 27.7 Å². The minimum atomic E-state index is -2.54. The van der Waals surface area contributed by atoms with Crippen molar-refractivity contribution in [3.8, 4) is 0 Å². The van der Waals surface area contributed by atoms with E-state index in [1.807, 2.05) is 0 Å². The zero-order valence-corrected chi connectivity index (χ0v) is 45.0. The molecule has 2 aromatic carbocycles. The highest BCUT2D eigenvalue weighted by Crippen LogP contribution is 2.37. The maximum Gasteiger partial charge on any atom is 0.347 e. The molecule has 1 unspecified atom stereocenters. The van der Waals surface area contributed by atoms with Gasteiger partial charge in [0.25, 0.3) is 0 Å². The van der Waals surface area contributed by atoms with Crippen molar-refractivity contribution in [2.45, 2.75) is 264 Å². The average molecular weight is 977 g/mol. The molecule has 0 heterocycles. The van der Waals surface area contributed by atoms with Gasteiger partial charge in [0, 0.05) is 5.56 Å². The van der Waals surface area contributed by atoms with E-state index in [9.17, 15) is 24.3 Å². The number of benzene rings is 2. The Morgan fingerprint density at radius 1 is 0.357 bits per heavy atom. The molecule has 1 atom stereocenters. The maximum atomic E-state index is 14.7. The fourth-order valence-corrected chi connectivity index (χ4v) is 9.20. The highest BCUT2D eigenvalue weighted by molar-refractivity contribution is 6.12. The van der Waals surface area contributed by atoms with Gasteiger partial charge in [-0.25, -0.2) is 19.2 Å². The van der Waals surface area contributed by atoms with Crippen LogP contribution in [0.1, 0.15) is 301 Å². The summed E-state index contributed by atoms with van der Waals surface area (Å²) in [5.41, 5.74) is -3.54. The van der Waals surface area contributed by atoms with Crippen molar-refractivity contribution in [1.29, 1.82) is 0 Å². The maximum absolute atomic E-state index is 14.7. The van der Waals surface area contributed by atoms with E-state index in [0.29, 0.717) is 25.7 Å². The fraction of sp³-hybridized carbons (Fsp3) is 0.738. The van der Waals surface area contributed by atoms with Crippen molar-refractivity contribution in [2.75, 3.05) is 26.4 Å². The second-order valence-electron chi connectivity index (χ2n) is 19.8. The lowest BCUT2D eigenvalue weighted by Crippen LogP contribution is -2.41. The molecule has 0 saturated heterocycles. The van der Waals surface area contributed by atoms with E-state index in [0.717, 1.165) is 77.0 Å². The van der Waals surface area contributed by atoms with Crippen LogP contribution in [0.4, 0.5) is 0 Å². The highest BCUT2D eigenvalue weighted by atomic mass is 16.6.